The number of carbonyl (C=O) groups excluding carboxylic acids is 1. The monoisotopic (exact) mass is 301 g/mol. The first-order valence-corrected chi connectivity index (χ1v) is 7.54. The first kappa shape index (κ1) is 14.6. The summed E-state index contributed by atoms with van der Waals surface area (Å²) in [6.07, 6.45) is 4.67. The summed E-state index contributed by atoms with van der Waals surface area (Å²) in [6.45, 7) is 0.296. The summed E-state index contributed by atoms with van der Waals surface area (Å²) in [7, 11) is 0. The molecule has 0 radical (unpaired) electrons. The van der Waals surface area contributed by atoms with Crippen LogP contribution in [0.15, 0.2) is 41.1 Å². The first-order valence-electron chi connectivity index (χ1n) is 7.54. The second kappa shape index (κ2) is 7.06. The Bertz CT molecular complexity index is 578. The summed E-state index contributed by atoms with van der Waals surface area (Å²) >= 11 is 0. The van der Waals surface area contributed by atoms with Gasteiger partial charge in [-0.1, -0.05) is 30.3 Å². The number of aromatic nitrogens is 2. The maximum absolute atomic E-state index is 11.8. The number of carbonyl (C=O) groups is 1. The molecular formula is C16H19N3O3. The van der Waals surface area contributed by atoms with Crippen LogP contribution in [0, 0.1) is 0 Å². The third-order valence-corrected chi connectivity index (χ3v) is 3.99. The molecule has 1 aliphatic rings. The third-order valence-electron chi connectivity index (χ3n) is 3.99. The van der Waals surface area contributed by atoms with Gasteiger partial charge < -0.3 is 14.5 Å². The van der Waals surface area contributed by atoms with Crippen LogP contribution in [-0.4, -0.2) is 22.3 Å². The minimum Gasteiger partial charge on any atom is -0.445 e. The van der Waals surface area contributed by atoms with Crippen LogP contribution in [0.4, 0.5) is 4.79 Å². The molecule has 1 amide bonds. The predicted molar refractivity (Wildman–Crippen MR) is 79.1 cm³/mol. The smallest absolute Gasteiger partial charge is 0.407 e. The number of alkyl carbamates (subject to hydrolysis) is 1. The molecule has 3 rings (SSSR count). The van der Waals surface area contributed by atoms with Crippen LogP contribution in [0.3, 0.4) is 0 Å². The van der Waals surface area contributed by atoms with Gasteiger partial charge >= 0.3 is 6.09 Å². The second-order valence-corrected chi connectivity index (χ2v) is 5.53. The topological polar surface area (TPSA) is 77.3 Å². The SMILES string of the molecule is O=C(NC1CCC(c2nnco2)CC1)OCc1ccccc1. The highest BCUT2D eigenvalue weighted by Crippen LogP contribution is 2.31. The van der Waals surface area contributed by atoms with E-state index >= 15 is 0 Å². The minimum atomic E-state index is -0.356. The van der Waals surface area contributed by atoms with E-state index in [1.54, 1.807) is 0 Å². The number of amides is 1. The zero-order valence-corrected chi connectivity index (χ0v) is 12.3. The molecule has 0 saturated heterocycles. The van der Waals surface area contributed by atoms with Gasteiger partial charge in [0, 0.05) is 12.0 Å². The summed E-state index contributed by atoms with van der Waals surface area (Å²) in [4.78, 5) is 11.8. The van der Waals surface area contributed by atoms with E-state index in [1.807, 2.05) is 30.3 Å². The fraction of sp³-hybridized carbons (Fsp3) is 0.438. The zero-order chi connectivity index (χ0) is 15.2. The zero-order valence-electron chi connectivity index (χ0n) is 12.3. The van der Waals surface area contributed by atoms with Crippen molar-refractivity contribution in [1.82, 2.24) is 15.5 Å². The van der Waals surface area contributed by atoms with Crippen molar-refractivity contribution in [1.29, 1.82) is 0 Å². The molecular weight excluding hydrogens is 282 g/mol. The van der Waals surface area contributed by atoms with Gasteiger partial charge in [0.1, 0.15) is 6.61 Å². The largest absolute Gasteiger partial charge is 0.445 e. The highest BCUT2D eigenvalue weighted by Gasteiger charge is 2.26. The van der Waals surface area contributed by atoms with E-state index in [1.165, 1.54) is 6.39 Å². The van der Waals surface area contributed by atoms with Gasteiger partial charge in [-0.3, -0.25) is 0 Å². The highest BCUT2D eigenvalue weighted by molar-refractivity contribution is 5.67. The van der Waals surface area contributed by atoms with Crippen LogP contribution in [-0.2, 0) is 11.3 Å². The van der Waals surface area contributed by atoms with Crippen LogP contribution < -0.4 is 5.32 Å². The van der Waals surface area contributed by atoms with E-state index < -0.39 is 0 Å². The Hall–Kier alpha value is -2.37. The summed E-state index contributed by atoms with van der Waals surface area (Å²) in [6, 6.07) is 9.81. The molecule has 1 saturated carbocycles. The van der Waals surface area contributed by atoms with Crippen molar-refractivity contribution in [2.45, 2.75) is 44.2 Å². The summed E-state index contributed by atoms with van der Waals surface area (Å²) in [5.74, 6) is 1.01. The van der Waals surface area contributed by atoms with Crippen LogP contribution in [0.2, 0.25) is 0 Å². The van der Waals surface area contributed by atoms with Crippen molar-refractivity contribution in [2.75, 3.05) is 0 Å². The Morgan fingerprint density at radius 3 is 2.68 bits per heavy atom. The van der Waals surface area contributed by atoms with Gasteiger partial charge in [-0.2, -0.15) is 0 Å². The molecule has 22 heavy (non-hydrogen) atoms. The molecule has 1 N–H and O–H groups in total. The van der Waals surface area contributed by atoms with E-state index in [9.17, 15) is 4.79 Å². The fourth-order valence-corrected chi connectivity index (χ4v) is 2.78. The predicted octanol–water partition coefficient (Wildman–Crippen LogP) is 3.02. The molecule has 1 fully saturated rings. The molecule has 6 heteroatoms. The van der Waals surface area contributed by atoms with Gasteiger partial charge in [-0.15, -0.1) is 10.2 Å². The lowest BCUT2D eigenvalue weighted by atomic mass is 9.86. The summed E-state index contributed by atoms with van der Waals surface area (Å²) in [5.41, 5.74) is 0.984. The number of hydrogen-bond acceptors (Lipinski definition) is 5. The fourth-order valence-electron chi connectivity index (χ4n) is 2.78. The average Bonchev–Trinajstić information content (AvgIpc) is 3.09. The van der Waals surface area contributed by atoms with E-state index in [0.717, 1.165) is 31.2 Å². The molecule has 0 atom stereocenters. The van der Waals surface area contributed by atoms with Crippen LogP contribution >= 0.6 is 0 Å². The Morgan fingerprint density at radius 1 is 1.23 bits per heavy atom. The van der Waals surface area contributed by atoms with Crippen molar-refractivity contribution >= 4 is 6.09 Å². The van der Waals surface area contributed by atoms with Gasteiger partial charge in [-0.05, 0) is 31.2 Å². The molecule has 1 heterocycles. The number of benzene rings is 1. The Morgan fingerprint density at radius 2 is 2.00 bits per heavy atom. The standard InChI is InChI=1S/C16H19N3O3/c20-16(21-10-12-4-2-1-3-5-12)18-14-8-6-13(7-9-14)15-19-17-11-22-15/h1-5,11,13-14H,6-10H2,(H,18,20). The molecule has 1 aromatic carbocycles. The molecule has 1 aromatic heterocycles. The molecule has 116 valence electrons. The normalized spacial score (nSPS) is 21.3. The van der Waals surface area contributed by atoms with Gasteiger partial charge in [0.2, 0.25) is 12.3 Å². The van der Waals surface area contributed by atoms with Crippen LogP contribution in [0.5, 0.6) is 0 Å². The Kier molecular flexibility index (Phi) is 4.68. The van der Waals surface area contributed by atoms with E-state index in [0.29, 0.717) is 18.4 Å². The second-order valence-electron chi connectivity index (χ2n) is 5.53. The number of rotatable bonds is 4. The van der Waals surface area contributed by atoms with Gasteiger partial charge in [-0.25, -0.2) is 4.79 Å². The lowest BCUT2D eigenvalue weighted by Gasteiger charge is -2.26. The molecule has 0 bridgehead atoms. The van der Waals surface area contributed by atoms with Crippen molar-refractivity contribution < 1.29 is 13.9 Å². The lowest BCUT2D eigenvalue weighted by molar-refractivity contribution is 0.132. The molecule has 0 aliphatic heterocycles. The Balaban J connectivity index is 1.40. The average molecular weight is 301 g/mol. The van der Waals surface area contributed by atoms with Crippen molar-refractivity contribution in [3.8, 4) is 0 Å². The van der Waals surface area contributed by atoms with Crippen LogP contribution in [0.1, 0.15) is 43.1 Å². The summed E-state index contributed by atoms with van der Waals surface area (Å²) < 4.78 is 10.5. The lowest BCUT2D eigenvalue weighted by Crippen LogP contribution is -2.37. The maximum atomic E-state index is 11.8. The number of ether oxygens (including phenoxy) is 1. The maximum Gasteiger partial charge on any atom is 0.407 e. The van der Waals surface area contributed by atoms with Crippen molar-refractivity contribution in [2.24, 2.45) is 0 Å². The number of hydrogen-bond donors (Lipinski definition) is 1. The van der Waals surface area contributed by atoms with E-state index in [-0.39, 0.29) is 12.1 Å². The van der Waals surface area contributed by atoms with E-state index in [4.69, 9.17) is 9.15 Å². The van der Waals surface area contributed by atoms with Gasteiger partial charge in [0.15, 0.2) is 0 Å². The molecule has 2 aromatic rings. The minimum absolute atomic E-state index is 0.155. The quantitative estimate of drug-likeness (QED) is 0.939. The van der Waals surface area contributed by atoms with Crippen molar-refractivity contribution in [3.63, 3.8) is 0 Å². The molecule has 0 unspecified atom stereocenters. The summed E-state index contributed by atoms with van der Waals surface area (Å²) in [5, 5.41) is 10.6. The van der Waals surface area contributed by atoms with Crippen LogP contribution in [0.25, 0.3) is 0 Å². The van der Waals surface area contributed by atoms with Gasteiger partial charge in [0.25, 0.3) is 0 Å². The Labute approximate surface area is 128 Å². The first-order chi connectivity index (χ1) is 10.8. The molecule has 6 nitrogen and oxygen atoms in total. The third kappa shape index (κ3) is 3.84. The van der Waals surface area contributed by atoms with E-state index in [2.05, 4.69) is 15.5 Å². The molecule has 1 aliphatic carbocycles. The van der Waals surface area contributed by atoms with Gasteiger partial charge in [0.05, 0.1) is 0 Å². The number of nitrogens with one attached hydrogen (secondary N) is 1. The molecule has 0 spiro atoms. The number of nitrogens with zero attached hydrogens (tertiary/aromatic N) is 2. The highest BCUT2D eigenvalue weighted by atomic mass is 16.5. The van der Waals surface area contributed by atoms with Crippen molar-refractivity contribution in [3.05, 3.63) is 48.2 Å².